The second-order valence-corrected chi connectivity index (χ2v) is 7.49. The quantitative estimate of drug-likeness (QED) is 0.568. The molecule has 31 heavy (non-hydrogen) atoms. The van der Waals surface area contributed by atoms with Gasteiger partial charge < -0.3 is 18.9 Å². The molecule has 0 radical (unpaired) electrons. The molecule has 2 aromatic heterocycles. The molecule has 1 aromatic carbocycles. The van der Waals surface area contributed by atoms with E-state index in [1.54, 1.807) is 48.5 Å². The molecule has 162 valence electrons. The van der Waals surface area contributed by atoms with Gasteiger partial charge in [0.1, 0.15) is 11.5 Å². The lowest BCUT2D eigenvalue weighted by molar-refractivity contribution is -0.123. The van der Waals surface area contributed by atoms with E-state index in [1.165, 1.54) is 17.4 Å². The number of ether oxygens (including phenoxy) is 1. The number of amides is 2. The maximum atomic E-state index is 13.5. The van der Waals surface area contributed by atoms with Crippen molar-refractivity contribution in [1.82, 2.24) is 5.32 Å². The average molecular weight is 422 g/mol. The van der Waals surface area contributed by atoms with Crippen LogP contribution >= 0.6 is 0 Å². The number of carbonyl (C=O) groups is 2. The van der Waals surface area contributed by atoms with Crippen LogP contribution in [0.3, 0.4) is 0 Å². The third-order valence-corrected chi connectivity index (χ3v) is 5.40. The van der Waals surface area contributed by atoms with E-state index in [1.807, 2.05) is 6.92 Å². The maximum Gasteiger partial charge on any atom is 0.295 e. The summed E-state index contributed by atoms with van der Waals surface area (Å²) in [5, 5.41) is 3.10. The number of hydrogen-bond acceptors (Lipinski definition) is 5. The molecule has 1 unspecified atom stereocenters. The lowest BCUT2D eigenvalue weighted by Gasteiger charge is -2.30. The first-order valence-corrected chi connectivity index (χ1v) is 10.6. The molecule has 1 saturated carbocycles. The summed E-state index contributed by atoms with van der Waals surface area (Å²) in [7, 11) is 0. The molecule has 1 atom stereocenters. The summed E-state index contributed by atoms with van der Waals surface area (Å²) < 4.78 is 16.5. The summed E-state index contributed by atoms with van der Waals surface area (Å²) in [4.78, 5) is 28.3. The van der Waals surface area contributed by atoms with E-state index in [0.717, 1.165) is 25.7 Å². The van der Waals surface area contributed by atoms with Gasteiger partial charge in [-0.1, -0.05) is 12.8 Å². The van der Waals surface area contributed by atoms with Gasteiger partial charge in [-0.05, 0) is 68.3 Å². The van der Waals surface area contributed by atoms with Crippen molar-refractivity contribution in [3.63, 3.8) is 0 Å². The topological polar surface area (TPSA) is 84.9 Å². The zero-order chi connectivity index (χ0) is 21.6. The highest BCUT2D eigenvalue weighted by molar-refractivity contribution is 6.08. The third kappa shape index (κ3) is 4.66. The molecule has 1 aliphatic rings. The lowest BCUT2D eigenvalue weighted by Crippen LogP contribution is -2.46. The van der Waals surface area contributed by atoms with Gasteiger partial charge >= 0.3 is 0 Å². The summed E-state index contributed by atoms with van der Waals surface area (Å²) in [6, 6.07) is 12.8. The van der Waals surface area contributed by atoms with E-state index < -0.39 is 11.9 Å². The predicted octanol–water partition coefficient (Wildman–Crippen LogP) is 4.72. The molecular formula is C24H26N2O5. The minimum Gasteiger partial charge on any atom is -0.494 e. The largest absolute Gasteiger partial charge is 0.494 e. The first-order valence-electron chi connectivity index (χ1n) is 10.6. The smallest absolute Gasteiger partial charge is 0.295 e. The highest BCUT2D eigenvalue weighted by atomic mass is 16.5. The van der Waals surface area contributed by atoms with Crippen molar-refractivity contribution in [2.24, 2.45) is 0 Å². The van der Waals surface area contributed by atoms with Gasteiger partial charge in [0.15, 0.2) is 11.8 Å². The Labute approximate surface area is 181 Å². The van der Waals surface area contributed by atoms with Crippen molar-refractivity contribution < 1.29 is 23.2 Å². The highest BCUT2D eigenvalue weighted by Crippen LogP contribution is 2.32. The van der Waals surface area contributed by atoms with Crippen LogP contribution < -0.4 is 15.0 Å². The predicted molar refractivity (Wildman–Crippen MR) is 115 cm³/mol. The van der Waals surface area contributed by atoms with Crippen LogP contribution in [0.25, 0.3) is 0 Å². The van der Waals surface area contributed by atoms with Gasteiger partial charge in [-0.15, -0.1) is 0 Å². The Balaban J connectivity index is 1.73. The summed E-state index contributed by atoms with van der Waals surface area (Å²) in [6.45, 7) is 2.44. The van der Waals surface area contributed by atoms with Crippen molar-refractivity contribution in [1.29, 1.82) is 0 Å². The van der Waals surface area contributed by atoms with Crippen LogP contribution in [0.2, 0.25) is 0 Å². The average Bonchev–Trinajstić information content (AvgIpc) is 3.56. The van der Waals surface area contributed by atoms with E-state index in [-0.39, 0.29) is 17.7 Å². The minimum absolute atomic E-state index is 0.103. The number of furan rings is 2. The van der Waals surface area contributed by atoms with Gasteiger partial charge in [0.2, 0.25) is 0 Å². The number of carbonyl (C=O) groups excluding carboxylic acids is 2. The molecule has 1 fully saturated rings. The zero-order valence-corrected chi connectivity index (χ0v) is 17.5. The minimum atomic E-state index is -0.980. The van der Waals surface area contributed by atoms with Crippen molar-refractivity contribution in [2.75, 3.05) is 11.5 Å². The van der Waals surface area contributed by atoms with Crippen LogP contribution in [0.5, 0.6) is 5.75 Å². The first-order chi connectivity index (χ1) is 15.2. The van der Waals surface area contributed by atoms with Gasteiger partial charge in [0, 0.05) is 11.7 Å². The van der Waals surface area contributed by atoms with E-state index in [0.29, 0.717) is 23.8 Å². The molecule has 0 spiro atoms. The Hall–Kier alpha value is -3.48. The summed E-state index contributed by atoms with van der Waals surface area (Å²) in [5.41, 5.74) is 0.535. The molecule has 0 bridgehead atoms. The fraction of sp³-hybridized carbons (Fsp3) is 0.333. The monoisotopic (exact) mass is 422 g/mol. The molecule has 4 rings (SSSR count). The molecule has 3 aromatic rings. The molecule has 7 heteroatoms. The van der Waals surface area contributed by atoms with Gasteiger partial charge in [0.25, 0.3) is 11.8 Å². The molecule has 1 aliphatic carbocycles. The summed E-state index contributed by atoms with van der Waals surface area (Å²) in [5.74, 6) is 0.484. The van der Waals surface area contributed by atoms with Crippen LogP contribution in [0.15, 0.2) is 69.9 Å². The SMILES string of the molecule is CCOc1ccc(N(C(=O)c2ccco2)C(C(=O)NC2CCCC2)c2ccco2)cc1. The standard InChI is InChI=1S/C24H26N2O5/c1-2-29-19-13-11-18(12-14-19)26(24(28)21-10-6-16-31-21)22(20-9-5-15-30-20)23(27)25-17-7-3-4-8-17/h5-6,9-17,22H,2-4,7-8H2,1H3,(H,25,27). The fourth-order valence-corrected chi connectivity index (χ4v) is 3.94. The Morgan fingerprint density at radius 2 is 1.77 bits per heavy atom. The van der Waals surface area contributed by atoms with Crippen molar-refractivity contribution in [3.05, 3.63) is 72.6 Å². The third-order valence-electron chi connectivity index (χ3n) is 5.40. The van der Waals surface area contributed by atoms with Gasteiger partial charge in [-0.3, -0.25) is 14.5 Å². The molecule has 1 N–H and O–H groups in total. The maximum absolute atomic E-state index is 13.5. The van der Waals surface area contributed by atoms with Crippen molar-refractivity contribution in [2.45, 2.75) is 44.7 Å². The Bertz CT molecular complexity index is 974. The highest BCUT2D eigenvalue weighted by Gasteiger charge is 2.37. The second kappa shape index (κ2) is 9.55. The van der Waals surface area contributed by atoms with E-state index in [2.05, 4.69) is 5.32 Å². The lowest BCUT2D eigenvalue weighted by atomic mass is 10.1. The number of hydrogen-bond donors (Lipinski definition) is 1. The number of anilines is 1. The number of rotatable bonds is 8. The first kappa shape index (κ1) is 20.8. The Kier molecular flexibility index (Phi) is 6.40. The van der Waals surface area contributed by atoms with E-state index >= 15 is 0 Å². The molecule has 0 aliphatic heterocycles. The van der Waals surface area contributed by atoms with E-state index in [4.69, 9.17) is 13.6 Å². The van der Waals surface area contributed by atoms with Crippen LogP contribution in [0.4, 0.5) is 5.69 Å². The fourth-order valence-electron chi connectivity index (χ4n) is 3.94. The van der Waals surface area contributed by atoms with Crippen LogP contribution in [0, 0.1) is 0 Å². The molecule has 2 amide bonds. The van der Waals surface area contributed by atoms with Gasteiger partial charge in [-0.2, -0.15) is 0 Å². The number of nitrogens with zero attached hydrogens (tertiary/aromatic N) is 1. The van der Waals surface area contributed by atoms with Crippen molar-refractivity contribution >= 4 is 17.5 Å². The molecular weight excluding hydrogens is 396 g/mol. The normalized spacial score (nSPS) is 14.9. The zero-order valence-electron chi connectivity index (χ0n) is 17.5. The number of benzene rings is 1. The Morgan fingerprint density at radius 3 is 2.39 bits per heavy atom. The van der Waals surface area contributed by atoms with E-state index in [9.17, 15) is 9.59 Å². The van der Waals surface area contributed by atoms with Crippen LogP contribution in [-0.2, 0) is 4.79 Å². The second-order valence-electron chi connectivity index (χ2n) is 7.49. The summed E-state index contributed by atoms with van der Waals surface area (Å²) >= 11 is 0. The molecule has 7 nitrogen and oxygen atoms in total. The van der Waals surface area contributed by atoms with Gasteiger partial charge in [-0.25, -0.2) is 0 Å². The van der Waals surface area contributed by atoms with Crippen molar-refractivity contribution in [3.8, 4) is 5.75 Å². The Morgan fingerprint density at radius 1 is 1.06 bits per heavy atom. The molecule has 2 heterocycles. The molecule has 0 saturated heterocycles. The summed E-state index contributed by atoms with van der Waals surface area (Å²) in [6.07, 6.45) is 6.98. The van der Waals surface area contributed by atoms with Gasteiger partial charge in [0.05, 0.1) is 19.1 Å². The van der Waals surface area contributed by atoms with Crippen LogP contribution in [-0.4, -0.2) is 24.5 Å². The van der Waals surface area contributed by atoms with Crippen LogP contribution in [0.1, 0.15) is 55.0 Å². The number of nitrogens with one attached hydrogen (secondary N) is 1.